The Morgan fingerprint density at radius 2 is 1.12 bits per heavy atom. The van der Waals surface area contributed by atoms with Crippen molar-refractivity contribution in [3.8, 4) is 11.5 Å². The first-order valence-corrected chi connectivity index (χ1v) is 12.6. The van der Waals surface area contributed by atoms with Crippen molar-refractivity contribution in [3.05, 3.63) is 24.3 Å². The van der Waals surface area contributed by atoms with Crippen LogP contribution in [0.25, 0.3) is 0 Å². The Bertz CT molecular complexity index is 604. The van der Waals surface area contributed by atoms with E-state index in [9.17, 15) is 14.7 Å². The van der Waals surface area contributed by atoms with Crippen LogP contribution in [0.2, 0.25) is 0 Å². The molecule has 1 rings (SSSR count). The first kappa shape index (κ1) is 27.8. The number of amides is 2. The molecule has 3 N–H and O–H groups in total. The van der Waals surface area contributed by atoms with Crippen molar-refractivity contribution in [2.75, 3.05) is 6.61 Å². The zero-order valence-electron chi connectivity index (χ0n) is 20.0. The number of ether oxygens (including phenoxy) is 1. The fraction of sp³-hybridized carbons (Fsp3) is 0.692. The highest BCUT2D eigenvalue weighted by molar-refractivity contribution is 5.82. The predicted molar refractivity (Wildman–Crippen MR) is 129 cm³/mol. The maximum Gasteiger partial charge on any atom is 0.276 e. The lowest BCUT2D eigenvalue weighted by Gasteiger charge is -2.09. The van der Waals surface area contributed by atoms with Crippen molar-refractivity contribution in [2.24, 2.45) is 0 Å². The van der Waals surface area contributed by atoms with Crippen molar-refractivity contribution in [1.29, 1.82) is 0 Å². The van der Waals surface area contributed by atoms with Crippen molar-refractivity contribution in [2.45, 2.75) is 110 Å². The lowest BCUT2D eigenvalue weighted by Crippen LogP contribution is -2.43. The minimum Gasteiger partial charge on any atom is -0.508 e. The number of hydrazine groups is 1. The summed E-state index contributed by atoms with van der Waals surface area (Å²) >= 11 is 0. The Balaban J connectivity index is 1.84. The van der Waals surface area contributed by atoms with Gasteiger partial charge in [0.2, 0.25) is 5.91 Å². The number of phenols is 1. The molecule has 0 aromatic heterocycles. The lowest BCUT2D eigenvalue weighted by atomic mass is 10.0. The Hall–Kier alpha value is -2.24. The third kappa shape index (κ3) is 16.5. The normalized spacial score (nSPS) is 10.7. The van der Waals surface area contributed by atoms with E-state index in [-0.39, 0.29) is 18.3 Å². The average molecular weight is 449 g/mol. The smallest absolute Gasteiger partial charge is 0.276 e. The molecular formula is C26H44N2O4. The van der Waals surface area contributed by atoms with E-state index >= 15 is 0 Å². The fourth-order valence-electron chi connectivity index (χ4n) is 3.59. The Kier molecular flexibility index (Phi) is 16.9. The monoisotopic (exact) mass is 448 g/mol. The second kappa shape index (κ2) is 19.4. The van der Waals surface area contributed by atoms with E-state index in [0.29, 0.717) is 12.2 Å². The number of rotatable bonds is 19. The molecule has 182 valence electrons. The highest BCUT2D eigenvalue weighted by atomic mass is 16.5. The lowest BCUT2D eigenvalue weighted by molar-refractivity contribution is -0.130. The molecule has 1 aromatic rings. The molecule has 0 unspecified atom stereocenters. The number of unbranched alkanes of at least 4 members (excludes halogenated alkanes) is 14. The SMILES string of the molecule is CCCCCCCCCCCCCCCCCC(=O)NNC(=O)COc1ccc(O)cc1. The molecule has 6 nitrogen and oxygen atoms in total. The zero-order chi connectivity index (χ0) is 23.3. The van der Waals surface area contributed by atoms with E-state index in [1.54, 1.807) is 12.1 Å². The van der Waals surface area contributed by atoms with Gasteiger partial charge >= 0.3 is 0 Å². The molecule has 0 bridgehead atoms. The Labute approximate surface area is 194 Å². The quantitative estimate of drug-likeness (QED) is 0.174. The van der Waals surface area contributed by atoms with Crippen LogP contribution in [0.5, 0.6) is 11.5 Å². The highest BCUT2D eigenvalue weighted by Crippen LogP contribution is 2.16. The van der Waals surface area contributed by atoms with Crippen molar-refractivity contribution in [1.82, 2.24) is 10.9 Å². The fourth-order valence-corrected chi connectivity index (χ4v) is 3.59. The summed E-state index contributed by atoms with van der Waals surface area (Å²) in [4.78, 5) is 23.5. The van der Waals surface area contributed by atoms with E-state index in [1.807, 2.05) is 0 Å². The molecule has 0 heterocycles. The minimum absolute atomic E-state index is 0.132. The number of phenolic OH excluding ortho intramolecular Hbond substituents is 1. The van der Waals surface area contributed by atoms with Crippen LogP contribution in [0.3, 0.4) is 0 Å². The van der Waals surface area contributed by atoms with Gasteiger partial charge in [-0.15, -0.1) is 0 Å². The first-order valence-electron chi connectivity index (χ1n) is 12.6. The van der Waals surface area contributed by atoms with Crippen LogP contribution < -0.4 is 15.6 Å². The van der Waals surface area contributed by atoms with Crippen molar-refractivity contribution < 1.29 is 19.4 Å². The van der Waals surface area contributed by atoms with Gasteiger partial charge in [-0.1, -0.05) is 96.8 Å². The predicted octanol–water partition coefficient (Wildman–Crippen LogP) is 6.18. The van der Waals surface area contributed by atoms with Gasteiger partial charge in [-0.25, -0.2) is 0 Å². The van der Waals surface area contributed by atoms with Gasteiger partial charge in [-0.3, -0.25) is 20.4 Å². The van der Waals surface area contributed by atoms with E-state index in [2.05, 4.69) is 17.8 Å². The van der Waals surface area contributed by atoms with E-state index in [4.69, 9.17) is 4.74 Å². The standard InChI is InChI=1S/C26H44N2O4/c1-2-3-4-5-6-7-8-9-10-11-12-13-14-15-16-17-25(30)27-28-26(31)22-32-24-20-18-23(29)19-21-24/h18-21,29H,2-17,22H2,1H3,(H,27,30)(H,28,31). The van der Waals surface area contributed by atoms with Crippen molar-refractivity contribution in [3.63, 3.8) is 0 Å². The summed E-state index contributed by atoms with van der Waals surface area (Å²) in [5.41, 5.74) is 4.77. The summed E-state index contributed by atoms with van der Waals surface area (Å²) < 4.78 is 5.27. The third-order valence-electron chi connectivity index (χ3n) is 5.56. The van der Waals surface area contributed by atoms with Crippen LogP contribution in [0.15, 0.2) is 24.3 Å². The molecule has 0 aliphatic rings. The zero-order valence-corrected chi connectivity index (χ0v) is 20.0. The van der Waals surface area contributed by atoms with Crippen LogP contribution in [0, 0.1) is 0 Å². The van der Waals surface area contributed by atoms with E-state index in [1.165, 1.54) is 89.2 Å². The minimum atomic E-state index is -0.428. The number of hydrogen-bond donors (Lipinski definition) is 3. The van der Waals surface area contributed by atoms with Crippen LogP contribution in [-0.4, -0.2) is 23.5 Å². The largest absolute Gasteiger partial charge is 0.508 e. The van der Waals surface area contributed by atoms with Gasteiger partial charge in [0.1, 0.15) is 11.5 Å². The Morgan fingerprint density at radius 3 is 1.62 bits per heavy atom. The van der Waals surface area contributed by atoms with Gasteiger partial charge in [0.25, 0.3) is 5.91 Å². The first-order chi connectivity index (χ1) is 15.6. The molecule has 0 atom stereocenters. The molecule has 0 radical (unpaired) electrons. The molecule has 32 heavy (non-hydrogen) atoms. The van der Waals surface area contributed by atoms with E-state index < -0.39 is 5.91 Å². The summed E-state index contributed by atoms with van der Waals surface area (Å²) in [6.45, 7) is 2.06. The van der Waals surface area contributed by atoms with Crippen LogP contribution >= 0.6 is 0 Å². The molecule has 0 saturated carbocycles. The summed E-state index contributed by atoms with van der Waals surface area (Å²) in [7, 11) is 0. The Morgan fingerprint density at radius 1 is 0.688 bits per heavy atom. The van der Waals surface area contributed by atoms with Crippen LogP contribution in [0.4, 0.5) is 0 Å². The summed E-state index contributed by atoms with van der Waals surface area (Å²) in [5, 5.41) is 9.20. The molecular weight excluding hydrogens is 404 g/mol. The van der Waals surface area contributed by atoms with Gasteiger partial charge in [-0.05, 0) is 30.7 Å². The summed E-state index contributed by atoms with van der Waals surface area (Å²) in [6.07, 6.45) is 19.8. The maximum absolute atomic E-state index is 11.8. The maximum atomic E-state index is 11.8. The van der Waals surface area contributed by atoms with Gasteiger partial charge < -0.3 is 9.84 Å². The molecule has 0 aliphatic heterocycles. The number of carbonyl (C=O) groups excluding carboxylic acids is 2. The molecule has 0 saturated heterocycles. The van der Waals surface area contributed by atoms with E-state index in [0.717, 1.165) is 19.3 Å². The number of carbonyl (C=O) groups is 2. The van der Waals surface area contributed by atoms with Gasteiger partial charge in [0.15, 0.2) is 6.61 Å². The molecule has 0 spiro atoms. The third-order valence-corrected chi connectivity index (χ3v) is 5.56. The van der Waals surface area contributed by atoms with Crippen LogP contribution in [-0.2, 0) is 9.59 Å². The van der Waals surface area contributed by atoms with Crippen LogP contribution in [0.1, 0.15) is 110 Å². The number of hydrogen-bond acceptors (Lipinski definition) is 4. The summed E-state index contributed by atoms with van der Waals surface area (Å²) in [5.74, 6) is -0.00413. The van der Waals surface area contributed by atoms with Crippen molar-refractivity contribution >= 4 is 11.8 Å². The van der Waals surface area contributed by atoms with Gasteiger partial charge in [-0.2, -0.15) is 0 Å². The summed E-state index contributed by atoms with van der Waals surface area (Å²) in [6, 6.07) is 6.09. The molecule has 6 heteroatoms. The second-order valence-corrected chi connectivity index (χ2v) is 8.58. The topological polar surface area (TPSA) is 87.7 Å². The van der Waals surface area contributed by atoms with Gasteiger partial charge in [0.05, 0.1) is 0 Å². The second-order valence-electron chi connectivity index (χ2n) is 8.58. The number of benzene rings is 1. The van der Waals surface area contributed by atoms with Gasteiger partial charge in [0, 0.05) is 6.42 Å². The molecule has 0 aliphatic carbocycles. The highest BCUT2D eigenvalue weighted by Gasteiger charge is 2.06. The average Bonchev–Trinajstić information content (AvgIpc) is 2.80. The molecule has 2 amide bonds. The molecule has 0 fully saturated rings. The number of nitrogens with one attached hydrogen (secondary N) is 2. The number of aromatic hydroxyl groups is 1. The molecule has 1 aromatic carbocycles.